The third-order valence-electron chi connectivity index (χ3n) is 3.18. The number of carbonyl (C=O) groups is 3. The van der Waals surface area contributed by atoms with Crippen molar-refractivity contribution in [3.05, 3.63) is 68.0 Å². The van der Waals surface area contributed by atoms with Crippen molar-refractivity contribution in [3.63, 3.8) is 0 Å². The lowest BCUT2D eigenvalue weighted by Gasteiger charge is -2.07. The number of esters is 2. The van der Waals surface area contributed by atoms with Gasteiger partial charge in [0, 0.05) is 12.6 Å². The molecule has 0 aliphatic carbocycles. The molecule has 10 heteroatoms. The maximum atomic E-state index is 11.7. The minimum atomic E-state index is -1.01. The van der Waals surface area contributed by atoms with E-state index in [0.29, 0.717) is 5.56 Å². The average molecular weight is 361 g/mol. The summed E-state index contributed by atoms with van der Waals surface area (Å²) < 4.78 is 9.30. The number of aromatic nitrogens is 2. The van der Waals surface area contributed by atoms with Gasteiger partial charge in [0.1, 0.15) is 5.69 Å². The molecule has 2 rings (SSSR count). The first-order chi connectivity index (χ1) is 12.4. The summed E-state index contributed by atoms with van der Waals surface area (Å²) in [6.07, 6.45) is 0. The molecule has 0 saturated heterocycles. The van der Waals surface area contributed by atoms with E-state index < -0.39 is 35.7 Å². The topological polar surface area (TPSA) is 147 Å². The van der Waals surface area contributed by atoms with E-state index in [1.807, 2.05) is 4.98 Å². The fraction of sp³-hybridized carbons (Fsp3) is 0.188. The minimum Gasteiger partial charge on any atom is -0.465 e. The second kappa shape index (κ2) is 8.42. The summed E-state index contributed by atoms with van der Waals surface area (Å²) in [7, 11) is 1.28. The van der Waals surface area contributed by atoms with Gasteiger partial charge < -0.3 is 19.8 Å². The average Bonchev–Trinajstić information content (AvgIpc) is 2.63. The van der Waals surface area contributed by atoms with Gasteiger partial charge in [-0.25, -0.2) is 14.4 Å². The number of nitrogens with one attached hydrogen (secondary N) is 3. The van der Waals surface area contributed by atoms with E-state index in [9.17, 15) is 24.0 Å². The van der Waals surface area contributed by atoms with E-state index in [2.05, 4.69) is 15.0 Å². The van der Waals surface area contributed by atoms with Gasteiger partial charge in [-0.15, -0.1) is 0 Å². The first-order valence-corrected chi connectivity index (χ1v) is 7.34. The quantitative estimate of drug-likeness (QED) is 0.578. The number of amides is 1. The van der Waals surface area contributed by atoms with Crippen LogP contribution in [0.3, 0.4) is 0 Å². The van der Waals surface area contributed by atoms with Gasteiger partial charge in [0.05, 0.1) is 12.7 Å². The van der Waals surface area contributed by atoms with Gasteiger partial charge in [-0.3, -0.25) is 14.6 Å². The van der Waals surface area contributed by atoms with Crippen molar-refractivity contribution in [1.29, 1.82) is 0 Å². The third-order valence-corrected chi connectivity index (χ3v) is 3.18. The van der Waals surface area contributed by atoms with Crippen LogP contribution < -0.4 is 16.6 Å². The Balaban J connectivity index is 1.83. The summed E-state index contributed by atoms with van der Waals surface area (Å²) in [5.41, 5.74) is -0.880. The van der Waals surface area contributed by atoms with E-state index in [4.69, 9.17) is 4.74 Å². The molecular formula is C16H15N3O7. The lowest BCUT2D eigenvalue weighted by Crippen LogP contribution is -2.30. The van der Waals surface area contributed by atoms with Gasteiger partial charge in [0.25, 0.3) is 11.5 Å². The van der Waals surface area contributed by atoms with E-state index in [-0.39, 0.29) is 12.2 Å². The Hall–Kier alpha value is -3.69. The highest BCUT2D eigenvalue weighted by Crippen LogP contribution is 2.05. The van der Waals surface area contributed by atoms with Crippen LogP contribution in [0, 0.1) is 0 Å². The smallest absolute Gasteiger partial charge is 0.355 e. The number of hydrogen-bond donors (Lipinski definition) is 3. The normalized spacial score (nSPS) is 10.0. The molecule has 0 spiro atoms. The number of hydrogen-bond acceptors (Lipinski definition) is 7. The summed E-state index contributed by atoms with van der Waals surface area (Å²) in [5.74, 6) is -2.06. The van der Waals surface area contributed by atoms with E-state index >= 15 is 0 Å². The number of carbonyl (C=O) groups excluding carboxylic acids is 3. The molecule has 0 unspecified atom stereocenters. The number of H-pyrrole nitrogens is 2. The van der Waals surface area contributed by atoms with Crippen molar-refractivity contribution in [2.24, 2.45) is 0 Å². The first kappa shape index (κ1) is 18.6. The van der Waals surface area contributed by atoms with Crippen molar-refractivity contribution in [3.8, 4) is 0 Å². The lowest BCUT2D eigenvalue weighted by atomic mass is 10.1. The van der Waals surface area contributed by atoms with Gasteiger partial charge >= 0.3 is 17.6 Å². The standard InChI is InChI=1S/C16H15N3O7/c1-25-14(22)10-4-2-9(3-5-10)7-17-13(21)8-26-15(23)11-6-12(20)19-16(24)18-11/h2-6H,7-8H2,1H3,(H,17,21)(H2,18,19,20,24). The number of aromatic amines is 2. The number of benzene rings is 1. The van der Waals surface area contributed by atoms with Crippen LogP contribution in [0.2, 0.25) is 0 Å². The summed E-state index contributed by atoms with van der Waals surface area (Å²) >= 11 is 0. The molecule has 0 aliphatic heterocycles. The van der Waals surface area contributed by atoms with Crippen LogP contribution in [0.4, 0.5) is 0 Å². The predicted octanol–water partition coefficient (Wildman–Crippen LogP) is -0.677. The highest BCUT2D eigenvalue weighted by atomic mass is 16.5. The van der Waals surface area contributed by atoms with Crippen molar-refractivity contribution in [2.45, 2.75) is 6.54 Å². The molecule has 26 heavy (non-hydrogen) atoms. The summed E-state index contributed by atoms with van der Waals surface area (Å²) in [6.45, 7) is -0.437. The lowest BCUT2D eigenvalue weighted by molar-refractivity contribution is -0.124. The number of methoxy groups -OCH3 is 1. The molecule has 1 aromatic heterocycles. The van der Waals surface area contributed by atoms with Gasteiger partial charge in [0.15, 0.2) is 6.61 Å². The highest BCUT2D eigenvalue weighted by Gasteiger charge is 2.12. The fourth-order valence-electron chi connectivity index (χ4n) is 1.92. The largest absolute Gasteiger partial charge is 0.465 e. The SMILES string of the molecule is COC(=O)c1ccc(CNC(=O)COC(=O)c2cc(=O)[nH]c(=O)[nH]2)cc1. The van der Waals surface area contributed by atoms with Crippen LogP contribution in [0.5, 0.6) is 0 Å². The zero-order valence-corrected chi connectivity index (χ0v) is 13.7. The molecule has 10 nitrogen and oxygen atoms in total. The van der Waals surface area contributed by atoms with Crippen molar-refractivity contribution in [1.82, 2.24) is 15.3 Å². The molecule has 1 aromatic carbocycles. The van der Waals surface area contributed by atoms with Crippen LogP contribution in [0.1, 0.15) is 26.4 Å². The number of ether oxygens (including phenoxy) is 2. The van der Waals surface area contributed by atoms with Gasteiger partial charge in [0.2, 0.25) is 0 Å². The molecule has 0 saturated carbocycles. The molecule has 1 amide bonds. The van der Waals surface area contributed by atoms with Crippen LogP contribution >= 0.6 is 0 Å². The Labute approximate surface area is 146 Å². The maximum absolute atomic E-state index is 11.7. The molecule has 0 atom stereocenters. The maximum Gasteiger partial charge on any atom is 0.355 e. The zero-order valence-electron chi connectivity index (χ0n) is 13.7. The van der Waals surface area contributed by atoms with Crippen molar-refractivity contribution < 1.29 is 23.9 Å². The molecular weight excluding hydrogens is 346 g/mol. The molecule has 2 aromatic rings. The van der Waals surface area contributed by atoms with Crippen LogP contribution in [-0.4, -0.2) is 41.5 Å². The monoisotopic (exact) mass is 361 g/mol. The molecule has 0 bridgehead atoms. The third kappa shape index (κ3) is 5.16. The van der Waals surface area contributed by atoms with Crippen LogP contribution in [0.15, 0.2) is 39.9 Å². The van der Waals surface area contributed by atoms with Gasteiger partial charge in [-0.05, 0) is 17.7 Å². The summed E-state index contributed by atoms with van der Waals surface area (Å²) in [4.78, 5) is 60.9. The minimum absolute atomic E-state index is 0.152. The first-order valence-electron chi connectivity index (χ1n) is 7.34. The van der Waals surface area contributed by atoms with Crippen molar-refractivity contribution >= 4 is 17.8 Å². The van der Waals surface area contributed by atoms with Crippen LogP contribution in [0.25, 0.3) is 0 Å². The number of rotatable bonds is 6. The highest BCUT2D eigenvalue weighted by molar-refractivity contribution is 5.90. The van der Waals surface area contributed by atoms with Gasteiger partial charge in [-0.1, -0.05) is 12.1 Å². The Bertz CT molecular complexity index is 900. The summed E-state index contributed by atoms with van der Waals surface area (Å²) in [5, 5.41) is 2.52. The molecule has 0 aliphatic rings. The molecule has 0 fully saturated rings. The van der Waals surface area contributed by atoms with E-state index in [1.54, 1.807) is 24.3 Å². The molecule has 1 heterocycles. The Morgan fingerprint density at radius 3 is 2.35 bits per heavy atom. The molecule has 3 N–H and O–H groups in total. The predicted molar refractivity (Wildman–Crippen MR) is 87.6 cm³/mol. The van der Waals surface area contributed by atoms with Crippen LogP contribution in [-0.2, 0) is 20.8 Å². The summed E-state index contributed by atoms with van der Waals surface area (Å²) in [6, 6.07) is 7.23. The van der Waals surface area contributed by atoms with Crippen molar-refractivity contribution in [2.75, 3.05) is 13.7 Å². The zero-order chi connectivity index (χ0) is 19.1. The Morgan fingerprint density at radius 1 is 1.04 bits per heavy atom. The van der Waals surface area contributed by atoms with E-state index in [1.165, 1.54) is 7.11 Å². The fourth-order valence-corrected chi connectivity index (χ4v) is 1.92. The van der Waals surface area contributed by atoms with Gasteiger partial charge in [-0.2, -0.15) is 0 Å². The molecule has 136 valence electrons. The Kier molecular flexibility index (Phi) is 6.04. The Morgan fingerprint density at radius 2 is 1.73 bits per heavy atom. The second-order valence-corrected chi connectivity index (χ2v) is 5.04. The molecule has 0 radical (unpaired) electrons. The second-order valence-electron chi connectivity index (χ2n) is 5.04. The van der Waals surface area contributed by atoms with E-state index in [0.717, 1.165) is 11.6 Å².